The van der Waals surface area contributed by atoms with E-state index in [2.05, 4.69) is 9.47 Å². The van der Waals surface area contributed by atoms with Crippen LogP contribution in [0.3, 0.4) is 0 Å². The third kappa shape index (κ3) is 6.54. The lowest BCUT2D eigenvalue weighted by Crippen LogP contribution is -2.17. The van der Waals surface area contributed by atoms with Crippen LogP contribution in [0.1, 0.15) is 15.9 Å². The first-order chi connectivity index (χ1) is 11.0. The van der Waals surface area contributed by atoms with Gasteiger partial charge >= 0.3 is 12.7 Å². The van der Waals surface area contributed by atoms with Crippen LogP contribution < -0.4 is 9.47 Å². The number of hydrogen-bond donors (Lipinski definition) is 0. The van der Waals surface area contributed by atoms with E-state index >= 15 is 0 Å². The number of alkyl halides is 6. The van der Waals surface area contributed by atoms with Gasteiger partial charge < -0.3 is 9.47 Å². The highest BCUT2D eigenvalue weighted by Gasteiger charge is 2.31. The van der Waals surface area contributed by atoms with E-state index in [0.29, 0.717) is 0 Å². The molecule has 0 atom stereocenters. The summed E-state index contributed by atoms with van der Waals surface area (Å²) < 4.78 is 79.6. The molecule has 0 N–H and O–H groups in total. The molecule has 2 rings (SSSR count). The Morgan fingerprint density at radius 2 is 0.920 bits per heavy atom. The number of benzene rings is 2. The van der Waals surface area contributed by atoms with Crippen molar-refractivity contribution in [2.45, 2.75) is 12.7 Å². The minimum Gasteiger partial charge on any atom is -0.406 e. The third-order valence-corrected chi connectivity index (χ3v) is 2.70. The molecule has 3 nitrogen and oxygen atoms in total. The van der Waals surface area contributed by atoms with Gasteiger partial charge in [-0.1, -0.05) is 0 Å². The zero-order chi connectivity index (χ0) is 18.0. The Labute approximate surface area is 143 Å². The molecule has 0 saturated carbocycles. The largest absolute Gasteiger partial charge is 0.573 e. The standard InChI is InChI=1S/C15H8F6O3.ClH/c16-14(17,18)23-11-5-1-9(2-6-11)13(22)10-3-7-12(8-4-10)24-15(19,20)21;/h1-8H;1H. The summed E-state index contributed by atoms with van der Waals surface area (Å²) in [5.41, 5.74) is 0.100. The molecule has 0 aliphatic carbocycles. The van der Waals surface area contributed by atoms with Crippen molar-refractivity contribution in [3.8, 4) is 11.5 Å². The molecule has 0 heterocycles. The average molecular weight is 387 g/mol. The molecule has 0 radical (unpaired) electrons. The SMILES string of the molecule is Cl.O=C(c1ccc(OC(F)(F)F)cc1)c1ccc(OC(F)(F)F)cc1. The zero-order valence-corrected chi connectivity index (χ0v) is 12.8. The van der Waals surface area contributed by atoms with Gasteiger partial charge in [-0.2, -0.15) is 0 Å². The first-order valence-corrected chi connectivity index (χ1v) is 6.30. The normalized spacial score (nSPS) is 11.4. The Morgan fingerprint density at radius 1 is 0.640 bits per heavy atom. The van der Waals surface area contributed by atoms with E-state index in [0.717, 1.165) is 48.5 Å². The van der Waals surface area contributed by atoms with Crippen molar-refractivity contribution in [3.05, 3.63) is 59.7 Å². The van der Waals surface area contributed by atoms with E-state index in [1.807, 2.05) is 0 Å². The fourth-order valence-corrected chi connectivity index (χ4v) is 1.78. The van der Waals surface area contributed by atoms with Gasteiger partial charge in [0.2, 0.25) is 0 Å². The van der Waals surface area contributed by atoms with E-state index < -0.39 is 30.0 Å². The smallest absolute Gasteiger partial charge is 0.406 e. The average Bonchev–Trinajstić information content (AvgIpc) is 2.45. The second kappa shape index (κ2) is 7.64. The van der Waals surface area contributed by atoms with E-state index in [1.165, 1.54) is 0 Å². The summed E-state index contributed by atoms with van der Waals surface area (Å²) >= 11 is 0. The Hall–Kier alpha value is -2.42. The monoisotopic (exact) mass is 386 g/mol. The van der Waals surface area contributed by atoms with Crippen molar-refractivity contribution in [3.63, 3.8) is 0 Å². The number of ether oxygens (including phenoxy) is 2. The molecule has 0 fully saturated rings. The summed E-state index contributed by atoms with van der Waals surface area (Å²) in [6.07, 6.45) is -9.69. The van der Waals surface area contributed by atoms with Crippen LogP contribution in [0.15, 0.2) is 48.5 Å². The van der Waals surface area contributed by atoms with Gasteiger partial charge in [-0.15, -0.1) is 38.7 Å². The highest BCUT2D eigenvalue weighted by Crippen LogP contribution is 2.25. The lowest BCUT2D eigenvalue weighted by Gasteiger charge is -2.10. The highest BCUT2D eigenvalue weighted by atomic mass is 35.5. The van der Waals surface area contributed by atoms with Gasteiger partial charge in [0.1, 0.15) is 11.5 Å². The van der Waals surface area contributed by atoms with Gasteiger partial charge in [-0.3, -0.25) is 4.79 Å². The van der Waals surface area contributed by atoms with E-state index in [9.17, 15) is 31.1 Å². The first kappa shape index (κ1) is 20.6. The number of halogens is 7. The van der Waals surface area contributed by atoms with Crippen molar-refractivity contribution in [2.24, 2.45) is 0 Å². The van der Waals surface area contributed by atoms with Crippen LogP contribution in [-0.4, -0.2) is 18.5 Å². The van der Waals surface area contributed by atoms with Gasteiger partial charge in [0, 0.05) is 11.1 Å². The van der Waals surface area contributed by atoms with Crippen molar-refractivity contribution in [1.29, 1.82) is 0 Å². The van der Waals surface area contributed by atoms with Crippen LogP contribution in [0.25, 0.3) is 0 Å². The summed E-state index contributed by atoms with van der Waals surface area (Å²) in [7, 11) is 0. The first-order valence-electron chi connectivity index (χ1n) is 6.30. The molecule has 0 aliphatic rings. The zero-order valence-electron chi connectivity index (χ0n) is 12.0. The fraction of sp³-hybridized carbons (Fsp3) is 0.133. The Morgan fingerprint density at radius 3 is 1.16 bits per heavy atom. The predicted molar refractivity (Wildman–Crippen MR) is 76.9 cm³/mol. The number of ketones is 1. The molecule has 0 aliphatic heterocycles. The molecule has 0 aromatic heterocycles. The lowest BCUT2D eigenvalue weighted by atomic mass is 10.0. The molecule has 0 unspecified atom stereocenters. The quantitative estimate of drug-likeness (QED) is 0.539. The third-order valence-electron chi connectivity index (χ3n) is 2.70. The van der Waals surface area contributed by atoms with Crippen molar-refractivity contribution in [2.75, 3.05) is 0 Å². The summed E-state index contributed by atoms with van der Waals surface area (Å²) in [5.74, 6) is -1.56. The topological polar surface area (TPSA) is 35.5 Å². The van der Waals surface area contributed by atoms with Crippen LogP contribution >= 0.6 is 12.4 Å². The van der Waals surface area contributed by atoms with Crippen molar-refractivity contribution >= 4 is 18.2 Å². The maximum atomic E-state index is 12.1. The summed E-state index contributed by atoms with van der Waals surface area (Å²) in [5, 5.41) is 0. The summed E-state index contributed by atoms with van der Waals surface area (Å²) in [6.45, 7) is 0. The minimum atomic E-state index is -4.85. The second-order valence-corrected chi connectivity index (χ2v) is 4.47. The molecule has 2 aromatic rings. The van der Waals surface area contributed by atoms with Gasteiger partial charge in [0.05, 0.1) is 0 Å². The van der Waals surface area contributed by atoms with Crippen LogP contribution in [0.4, 0.5) is 26.3 Å². The molecule has 0 saturated heterocycles. The Balaban J connectivity index is 0.00000312. The minimum absolute atomic E-state index is 0. The predicted octanol–water partition coefficient (Wildman–Crippen LogP) is 5.14. The van der Waals surface area contributed by atoms with Gasteiger partial charge in [-0.25, -0.2) is 0 Å². The van der Waals surface area contributed by atoms with Crippen molar-refractivity contribution in [1.82, 2.24) is 0 Å². The molecule has 136 valence electrons. The molecule has 2 aromatic carbocycles. The number of carbonyl (C=O) groups is 1. The van der Waals surface area contributed by atoms with Gasteiger partial charge in [-0.05, 0) is 48.5 Å². The second-order valence-electron chi connectivity index (χ2n) is 4.47. The molecular weight excluding hydrogens is 378 g/mol. The maximum absolute atomic E-state index is 12.1. The van der Waals surface area contributed by atoms with Crippen LogP contribution in [0.2, 0.25) is 0 Å². The molecule has 0 amide bonds. The van der Waals surface area contributed by atoms with Crippen LogP contribution in [-0.2, 0) is 0 Å². The fourth-order valence-electron chi connectivity index (χ4n) is 1.78. The molecule has 0 bridgehead atoms. The molecule has 0 spiro atoms. The summed E-state index contributed by atoms with van der Waals surface area (Å²) in [6, 6.07) is 8.30. The molecule has 10 heteroatoms. The van der Waals surface area contributed by atoms with E-state index in [1.54, 1.807) is 0 Å². The van der Waals surface area contributed by atoms with Crippen LogP contribution in [0, 0.1) is 0 Å². The van der Waals surface area contributed by atoms with Crippen LogP contribution in [0.5, 0.6) is 11.5 Å². The summed E-state index contributed by atoms with van der Waals surface area (Å²) in [4.78, 5) is 12.1. The van der Waals surface area contributed by atoms with Crippen molar-refractivity contribution < 1.29 is 40.6 Å². The number of rotatable bonds is 4. The molecular formula is C15H9ClF6O3. The lowest BCUT2D eigenvalue weighted by molar-refractivity contribution is -0.275. The van der Waals surface area contributed by atoms with Gasteiger partial charge in [0.25, 0.3) is 0 Å². The number of carbonyl (C=O) groups excluding carboxylic acids is 1. The van der Waals surface area contributed by atoms with Gasteiger partial charge in [0.15, 0.2) is 5.78 Å². The van der Waals surface area contributed by atoms with E-state index in [4.69, 9.17) is 0 Å². The highest BCUT2D eigenvalue weighted by molar-refractivity contribution is 6.09. The number of hydrogen-bond acceptors (Lipinski definition) is 3. The molecule has 25 heavy (non-hydrogen) atoms. The maximum Gasteiger partial charge on any atom is 0.573 e. The Bertz CT molecular complexity index is 647. The van der Waals surface area contributed by atoms with E-state index in [-0.39, 0.29) is 23.5 Å². The Kier molecular flexibility index (Phi) is 6.31.